The van der Waals surface area contributed by atoms with Gasteiger partial charge in [-0.05, 0) is 43.7 Å². The van der Waals surface area contributed by atoms with E-state index in [1.165, 1.54) is 12.2 Å². The van der Waals surface area contributed by atoms with Crippen LogP contribution in [0.2, 0.25) is 0 Å². The molecule has 2 nitrogen and oxygen atoms in total. The summed E-state index contributed by atoms with van der Waals surface area (Å²) >= 11 is 0. The number of hydrogen-bond acceptors (Lipinski definition) is 1. The molecule has 1 aromatic carbocycles. The van der Waals surface area contributed by atoms with Crippen LogP contribution >= 0.6 is 0 Å². The van der Waals surface area contributed by atoms with Gasteiger partial charge in [0.2, 0.25) is 0 Å². The number of anilines is 1. The van der Waals surface area contributed by atoms with Gasteiger partial charge in [0.25, 0.3) is 0 Å². The molecule has 1 aromatic heterocycles. The smallest absolute Gasteiger partial charge is 0.118 e. The summed E-state index contributed by atoms with van der Waals surface area (Å²) in [5.74, 6) is -0.273. The summed E-state index contributed by atoms with van der Waals surface area (Å²) in [6.07, 6.45) is 6.55. The molecule has 0 fully saturated rings. The highest BCUT2D eigenvalue weighted by Gasteiger charge is 2.09. The number of aryl methyl sites for hydroxylation is 1. The van der Waals surface area contributed by atoms with Crippen LogP contribution in [0, 0.1) is 0 Å². The Hall–Kier alpha value is -2.29. The van der Waals surface area contributed by atoms with Crippen molar-refractivity contribution in [1.29, 1.82) is 0 Å². The number of aromatic nitrogens is 1. The Kier molecular flexibility index (Phi) is 4.08. The Morgan fingerprint density at radius 1 is 1.40 bits per heavy atom. The van der Waals surface area contributed by atoms with E-state index in [0.29, 0.717) is 5.69 Å². The third-order valence-electron chi connectivity index (χ3n) is 3.31. The maximum absolute atomic E-state index is 13.2. The molecule has 2 rings (SSSR count). The third-order valence-corrected chi connectivity index (χ3v) is 3.31. The lowest BCUT2D eigenvalue weighted by Gasteiger charge is -2.00. The highest BCUT2D eigenvalue weighted by atomic mass is 19.1. The van der Waals surface area contributed by atoms with E-state index in [-0.39, 0.29) is 5.83 Å². The largest absolute Gasteiger partial charge is 0.399 e. The SMILES string of the molecule is C=C(/C=C\C(F)=C/C)c1cn(CC)c2ccc(N)cc12. The fraction of sp³-hybridized carbons (Fsp3) is 0.176. The fourth-order valence-corrected chi connectivity index (χ4v) is 2.20. The summed E-state index contributed by atoms with van der Waals surface area (Å²) < 4.78 is 15.3. The van der Waals surface area contributed by atoms with Crippen LogP contribution in [0.4, 0.5) is 10.1 Å². The van der Waals surface area contributed by atoms with Crippen molar-refractivity contribution in [3.05, 3.63) is 60.6 Å². The standard InChI is InChI=1S/C17H19FN2/c1-4-13(18)7-6-12(3)16-11-20(5-2)17-9-8-14(19)10-15(16)17/h4,6-11H,3,5,19H2,1-2H3/b7-6-,13-4+. The molecule has 104 valence electrons. The minimum Gasteiger partial charge on any atom is -0.399 e. The minimum atomic E-state index is -0.273. The molecule has 3 heteroatoms. The monoisotopic (exact) mass is 270 g/mol. The Labute approximate surface area is 118 Å². The van der Waals surface area contributed by atoms with Crippen molar-refractivity contribution in [2.45, 2.75) is 20.4 Å². The molecule has 0 spiro atoms. The molecule has 0 aliphatic carbocycles. The van der Waals surface area contributed by atoms with Gasteiger partial charge in [-0.2, -0.15) is 0 Å². The Balaban J connectivity index is 2.51. The van der Waals surface area contributed by atoms with E-state index in [2.05, 4.69) is 18.1 Å². The molecule has 2 N–H and O–H groups in total. The molecular formula is C17H19FN2. The summed E-state index contributed by atoms with van der Waals surface area (Å²) in [5.41, 5.74) is 9.43. The Bertz CT molecular complexity index is 705. The van der Waals surface area contributed by atoms with E-state index in [9.17, 15) is 4.39 Å². The highest BCUT2D eigenvalue weighted by Crippen LogP contribution is 2.29. The summed E-state index contributed by atoms with van der Waals surface area (Å²) in [4.78, 5) is 0. The first-order chi connectivity index (χ1) is 9.56. The van der Waals surface area contributed by atoms with Gasteiger partial charge < -0.3 is 10.3 Å². The predicted octanol–water partition coefficient (Wildman–Crippen LogP) is 4.69. The average Bonchev–Trinajstić information content (AvgIpc) is 2.82. The molecule has 0 amide bonds. The van der Waals surface area contributed by atoms with E-state index in [4.69, 9.17) is 5.73 Å². The normalized spacial score (nSPS) is 12.4. The molecule has 2 aromatic rings. The lowest BCUT2D eigenvalue weighted by molar-refractivity contribution is 0.665. The minimum absolute atomic E-state index is 0.273. The quantitative estimate of drug-likeness (QED) is 0.634. The van der Waals surface area contributed by atoms with Gasteiger partial charge in [0, 0.05) is 34.9 Å². The van der Waals surface area contributed by atoms with Crippen molar-refractivity contribution < 1.29 is 4.39 Å². The number of hydrogen-bond donors (Lipinski definition) is 1. The molecule has 0 unspecified atom stereocenters. The molecular weight excluding hydrogens is 251 g/mol. The third kappa shape index (κ3) is 2.67. The highest BCUT2D eigenvalue weighted by molar-refractivity contribution is 5.96. The van der Waals surface area contributed by atoms with Crippen LogP contribution in [0.1, 0.15) is 19.4 Å². The van der Waals surface area contributed by atoms with Gasteiger partial charge in [0.1, 0.15) is 5.83 Å². The summed E-state index contributed by atoms with van der Waals surface area (Å²) in [7, 11) is 0. The van der Waals surface area contributed by atoms with Crippen LogP contribution in [0.25, 0.3) is 16.5 Å². The lowest BCUT2D eigenvalue weighted by Crippen LogP contribution is -1.90. The lowest BCUT2D eigenvalue weighted by atomic mass is 10.1. The second-order valence-corrected chi connectivity index (χ2v) is 4.64. The zero-order valence-electron chi connectivity index (χ0n) is 11.9. The van der Waals surface area contributed by atoms with Crippen molar-refractivity contribution >= 4 is 22.2 Å². The van der Waals surface area contributed by atoms with Crippen LogP contribution < -0.4 is 5.73 Å². The number of fused-ring (bicyclic) bond motifs is 1. The zero-order valence-corrected chi connectivity index (χ0v) is 11.9. The topological polar surface area (TPSA) is 30.9 Å². The molecule has 0 saturated heterocycles. The number of nitrogens with zero attached hydrogens (tertiary/aromatic N) is 1. The number of allylic oxidation sites excluding steroid dienone is 5. The number of nitrogens with two attached hydrogens (primary N) is 1. The van der Waals surface area contributed by atoms with Gasteiger partial charge >= 0.3 is 0 Å². The molecule has 0 aliphatic rings. The summed E-state index contributed by atoms with van der Waals surface area (Å²) in [6, 6.07) is 5.82. The van der Waals surface area contributed by atoms with Crippen LogP contribution in [0.5, 0.6) is 0 Å². The van der Waals surface area contributed by atoms with Crippen LogP contribution in [0.15, 0.2) is 55.0 Å². The number of halogens is 1. The van der Waals surface area contributed by atoms with Gasteiger partial charge in [-0.1, -0.05) is 18.7 Å². The molecule has 0 saturated carbocycles. The van der Waals surface area contributed by atoms with Crippen molar-refractivity contribution in [3.63, 3.8) is 0 Å². The molecule has 20 heavy (non-hydrogen) atoms. The second kappa shape index (κ2) is 5.78. The van der Waals surface area contributed by atoms with Gasteiger partial charge in [0.05, 0.1) is 0 Å². The van der Waals surface area contributed by atoms with Crippen molar-refractivity contribution in [2.24, 2.45) is 0 Å². The Morgan fingerprint density at radius 3 is 2.80 bits per heavy atom. The predicted molar refractivity (Wildman–Crippen MR) is 85.1 cm³/mol. The van der Waals surface area contributed by atoms with Gasteiger partial charge in [0.15, 0.2) is 0 Å². The van der Waals surface area contributed by atoms with E-state index in [1.807, 2.05) is 24.4 Å². The number of benzene rings is 1. The summed E-state index contributed by atoms with van der Waals surface area (Å²) in [5, 5.41) is 1.04. The fourth-order valence-electron chi connectivity index (χ4n) is 2.20. The van der Waals surface area contributed by atoms with Crippen molar-refractivity contribution in [2.75, 3.05) is 5.73 Å². The maximum atomic E-state index is 13.2. The molecule has 1 heterocycles. The van der Waals surface area contributed by atoms with Crippen molar-refractivity contribution in [1.82, 2.24) is 4.57 Å². The number of nitrogen functional groups attached to an aromatic ring is 1. The van der Waals surface area contributed by atoms with E-state index in [0.717, 1.165) is 28.6 Å². The van der Waals surface area contributed by atoms with Crippen LogP contribution in [-0.2, 0) is 6.54 Å². The molecule has 0 atom stereocenters. The first kappa shape index (κ1) is 14.1. The second-order valence-electron chi connectivity index (χ2n) is 4.64. The Morgan fingerprint density at radius 2 is 2.15 bits per heavy atom. The van der Waals surface area contributed by atoms with Gasteiger partial charge in [-0.25, -0.2) is 4.39 Å². The van der Waals surface area contributed by atoms with E-state index >= 15 is 0 Å². The van der Waals surface area contributed by atoms with Crippen molar-refractivity contribution in [3.8, 4) is 0 Å². The van der Waals surface area contributed by atoms with Gasteiger partial charge in [-0.3, -0.25) is 0 Å². The average molecular weight is 270 g/mol. The zero-order chi connectivity index (χ0) is 14.7. The maximum Gasteiger partial charge on any atom is 0.118 e. The van der Waals surface area contributed by atoms with Gasteiger partial charge in [-0.15, -0.1) is 0 Å². The van der Waals surface area contributed by atoms with E-state index in [1.54, 1.807) is 13.0 Å². The van der Waals surface area contributed by atoms with Crippen LogP contribution in [-0.4, -0.2) is 4.57 Å². The van der Waals surface area contributed by atoms with Crippen LogP contribution in [0.3, 0.4) is 0 Å². The molecule has 0 radical (unpaired) electrons. The first-order valence-corrected chi connectivity index (χ1v) is 6.64. The molecule has 0 aliphatic heterocycles. The summed E-state index contributed by atoms with van der Waals surface area (Å²) in [6.45, 7) is 8.63. The number of rotatable bonds is 4. The van der Waals surface area contributed by atoms with E-state index < -0.39 is 0 Å². The molecule has 0 bridgehead atoms. The first-order valence-electron chi connectivity index (χ1n) is 6.64.